The Morgan fingerprint density at radius 3 is 2.53 bits per heavy atom. The summed E-state index contributed by atoms with van der Waals surface area (Å²) < 4.78 is 2.11. The van der Waals surface area contributed by atoms with E-state index in [0.717, 1.165) is 5.56 Å². The minimum absolute atomic E-state index is 0.106. The van der Waals surface area contributed by atoms with Gasteiger partial charge in [0.2, 0.25) is 0 Å². The number of aliphatic hydroxyl groups excluding tert-OH is 1. The van der Waals surface area contributed by atoms with Crippen LogP contribution in [0.25, 0.3) is 0 Å². The third-order valence-electron chi connectivity index (χ3n) is 2.69. The largest absolute Gasteiger partial charge is 0.392 e. The van der Waals surface area contributed by atoms with Crippen molar-refractivity contribution >= 4 is 0 Å². The van der Waals surface area contributed by atoms with E-state index in [4.69, 9.17) is 5.11 Å². The van der Waals surface area contributed by atoms with E-state index in [-0.39, 0.29) is 6.61 Å². The van der Waals surface area contributed by atoms with Crippen molar-refractivity contribution in [3.63, 3.8) is 0 Å². The van der Waals surface area contributed by atoms with Crippen molar-refractivity contribution in [2.45, 2.75) is 19.6 Å². The lowest BCUT2D eigenvalue weighted by molar-refractivity contribution is 0.281. The maximum absolute atomic E-state index is 8.99. The van der Waals surface area contributed by atoms with Crippen molar-refractivity contribution in [1.29, 1.82) is 0 Å². The smallest absolute Gasteiger partial charge is 0.0696 e. The first-order valence-electron chi connectivity index (χ1n) is 5.13. The van der Waals surface area contributed by atoms with Crippen molar-refractivity contribution in [2.24, 2.45) is 0 Å². The van der Waals surface area contributed by atoms with E-state index in [9.17, 15) is 0 Å². The molecule has 1 aromatic carbocycles. The second-order valence-corrected chi connectivity index (χ2v) is 3.71. The van der Waals surface area contributed by atoms with Crippen molar-refractivity contribution in [3.8, 4) is 0 Å². The maximum atomic E-state index is 8.99. The number of hydrogen-bond donors (Lipinski definition) is 1. The first kappa shape index (κ1) is 9.99. The van der Waals surface area contributed by atoms with E-state index in [1.54, 1.807) is 0 Å². The van der Waals surface area contributed by atoms with Gasteiger partial charge in [0.1, 0.15) is 0 Å². The van der Waals surface area contributed by atoms with Crippen molar-refractivity contribution in [1.82, 2.24) is 4.57 Å². The standard InChI is InChI=1S/C13H15NO/c1-11(13-5-3-2-4-6-13)14-8-7-12(9-14)10-15/h2-9,11,15H,10H2,1H3/t11-/m1/s1. The summed E-state index contributed by atoms with van der Waals surface area (Å²) in [6.07, 6.45) is 3.99. The van der Waals surface area contributed by atoms with Crippen molar-refractivity contribution in [3.05, 3.63) is 59.9 Å². The Balaban J connectivity index is 2.24. The minimum atomic E-state index is 0.106. The van der Waals surface area contributed by atoms with Crippen LogP contribution >= 0.6 is 0 Å². The monoisotopic (exact) mass is 201 g/mol. The normalized spacial score (nSPS) is 12.7. The van der Waals surface area contributed by atoms with Crippen LogP contribution in [0.5, 0.6) is 0 Å². The van der Waals surface area contributed by atoms with Crippen LogP contribution < -0.4 is 0 Å². The molecule has 1 atom stereocenters. The molecule has 1 aromatic heterocycles. The zero-order valence-corrected chi connectivity index (χ0v) is 8.80. The highest BCUT2D eigenvalue weighted by Crippen LogP contribution is 2.18. The molecule has 0 unspecified atom stereocenters. The molecule has 0 aliphatic rings. The van der Waals surface area contributed by atoms with E-state index < -0.39 is 0 Å². The highest BCUT2D eigenvalue weighted by Gasteiger charge is 2.06. The molecule has 2 nitrogen and oxygen atoms in total. The van der Waals surface area contributed by atoms with Crippen LogP contribution in [0, 0.1) is 0 Å². The van der Waals surface area contributed by atoms with Crippen LogP contribution in [0.4, 0.5) is 0 Å². The van der Waals surface area contributed by atoms with Crippen molar-refractivity contribution in [2.75, 3.05) is 0 Å². The summed E-state index contributed by atoms with van der Waals surface area (Å²) in [6.45, 7) is 2.25. The average Bonchev–Trinajstić information content (AvgIpc) is 2.78. The minimum Gasteiger partial charge on any atom is -0.392 e. The molecular formula is C13H15NO. The summed E-state index contributed by atoms with van der Waals surface area (Å²) in [5, 5.41) is 8.99. The second-order valence-electron chi connectivity index (χ2n) is 3.71. The summed E-state index contributed by atoms with van der Waals surface area (Å²) in [7, 11) is 0. The fourth-order valence-electron chi connectivity index (χ4n) is 1.70. The second kappa shape index (κ2) is 4.32. The third kappa shape index (κ3) is 2.10. The molecule has 0 fully saturated rings. The molecule has 0 bridgehead atoms. The first-order valence-corrected chi connectivity index (χ1v) is 5.13. The molecule has 0 saturated carbocycles. The SMILES string of the molecule is C[C@H](c1ccccc1)n1ccc(CO)c1. The Labute approximate surface area is 89.8 Å². The lowest BCUT2D eigenvalue weighted by Crippen LogP contribution is -2.03. The first-order chi connectivity index (χ1) is 7.31. The van der Waals surface area contributed by atoms with Crippen LogP contribution in [0.2, 0.25) is 0 Å². The molecule has 0 amide bonds. The van der Waals surface area contributed by atoms with Gasteiger partial charge in [0.05, 0.1) is 12.6 Å². The van der Waals surface area contributed by atoms with Gasteiger partial charge in [0.15, 0.2) is 0 Å². The van der Waals surface area contributed by atoms with Crippen LogP contribution in [0.15, 0.2) is 48.8 Å². The number of aliphatic hydroxyl groups is 1. The molecule has 1 N–H and O–H groups in total. The fourth-order valence-corrected chi connectivity index (χ4v) is 1.70. The number of rotatable bonds is 3. The quantitative estimate of drug-likeness (QED) is 0.811. The Morgan fingerprint density at radius 2 is 1.93 bits per heavy atom. The molecule has 0 radical (unpaired) electrons. The molecule has 0 spiro atoms. The number of benzene rings is 1. The zero-order valence-electron chi connectivity index (χ0n) is 8.80. The Kier molecular flexibility index (Phi) is 2.88. The number of aromatic nitrogens is 1. The molecule has 0 aliphatic carbocycles. The van der Waals surface area contributed by atoms with Gasteiger partial charge < -0.3 is 9.67 Å². The molecule has 1 heterocycles. The van der Waals surface area contributed by atoms with Crippen LogP contribution in [-0.2, 0) is 6.61 Å². The fraction of sp³-hybridized carbons (Fsp3) is 0.231. The highest BCUT2D eigenvalue weighted by atomic mass is 16.3. The van der Waals surface area contributed by atoms with Crippen LogP contribution in [0.1, 0.15) is 24.1 Å². The van der Waals surface area contributed by atoms with Crippen molar-refractivity contribution < 1.29 is 5.11 Å². The summed E-state index contributed by atoms with van der Waals surface area (Å²) in [5.41, 5.74) is 2.23. The Bertz CT molecular complexity index is 419. The van der Waals surface area contributed by atoms with Gasteiger partial charge in [-0.05, 0) is 24.1 Å². The molecule has 0 saturated heterocycles. The summed E-state index contributed by atoms with van der Waals surface area (Å²) in [6, 6.07) is 12.6. The van der Waals surface area contributed by atoms with E-state index in [1.807, 2.05) is 36.7 Å². The van der Waals surface area contributed by atoms with Gasteiger partial charge in [0.25, 0.3) is 0 Å². The summed E-state index contributed by atoms with van der Waals surface area (Å²) in [4.78, 5) is 0. The molecular weight excluding hydrogens is 186 g/mol. The highest BCUT2D eigenvalue weighted by molar-refractivity contribution is 5.21. The van der Waals surface area contributed by atoms with Gasteiger partial charge in [-0.2, -0.15) is 0 Å². The van der Waals surface area contributed by atoms with E-state index in [2.05, 4.69) is 23.6 Å². The van der Waals surface area contributed by atoms with Gasteiger partial charge in [-0.15, -0.1) is 0 Å². The summed E-state index contributed by atoms with van der Waals surface area (Å²) in [5.74, 6) is 0. The van der Waals surface area contributed by atoms with Crippen LogP contribution in [0.3, 0.4) is 0 Å². The zero-order chi connectivity index (χ0) is 10.7. The molecule has 2 heteroatoms. The van der Waals surface area contributed by atoms with E-state index in [1.165, 1.54) is 5.56 Å². The predicted octanol–water partition coefficient (Wildman–Crippen LogP) is 2.59. The Hall–Kier alpha value is -1.54. The number of hydrogen-bond acceptors (Lipinski definition) is 1. The van der Waals surface area contributed by atoms with Gasteiger partial charge in [-0.25, -0.2) is 0 Å². The molecule has 0 aliphatic heterocycles. The van der Waals surface area contributed by atoms with Gasteiger partial charge in [-0.3, -0.25) is 0 Å². The van der Waals surface area contributed by atoms with E-state index in [0.29, 0.717) is 6.04 Å². The Morgan fingerprint density at radius 1 is 1.20 bits per heavy atom. The molecule has 78 valence electrons. The maximum Gasteiger partial charge on any atom is 0.0696 e. The van der Waals surface area contributed by atoms with Gasteiger partial charge in [0, 0.05) is 12.4 Å². The molecule has 2 aromatic rings. The van der Waals surface area contributed by atoms with Gasteiger partial charge >= 0.3 is 0 Å². The molecule has 2 rings (SSSR count). The van der Waals surface area contributed by atoms with E-state index >= 15 is 0 Å². The van der Waals surface area contributed by atoms with Gasteiger partial charge in [-0.1, -0.05) is 30.3 Å². The predicted molar refractivity (Wildman–Crippen MR) is 60.6 cm³/mol. The van der Waals surface area contributed by atoms with Crippen LogP contribution in [-0.4, -0.2) is 9.67 Å². The average molecular weight is 201 g/mol. The topological polar surface area (TPSA) is 25.2 Å². The molecule has 15 heavy (non-hydrogen) atoms. The number of nitrogens with zero attached hydrogens (tertiary/aromatic N) is 1. The lowest BCUT2D eigenvalue weighted by Gasteiger charge is -2.13. The lowest BCUT2D eigenvalue weighted by atomic mass is 10.1. The third-order valence-corrected chi connectivity index (χ3v) is 2.69. The summed E-state index contributed by atoms with van der Waals surface area (Å²) >= 11 is 0.